The third-order valence-corrected chi connectivity index (χ3v) is 4.46. The number of carbonyl (C=O) groups excluding carboxylic acids is 1. The van der Waals surface area contributed by atoms with Gasteiger partial charge in [-0.05, 0) is 19.8 Å². The second-order valence-electron chi connectivity index (χ2n) is 5.16. The van der Waals surface area contributed by atoms with Gasteiger partial charge in [-0.3, -0.25) is 4.79 Å². The van der Waals surface area contributed by atoms with Crippen LogP contribution in [0.4, 0.5) is 0 Å². The number of hydrogen-bond acceptors (Lipinski definition) is 3. The first-order chi connectivity index (χ1) is 8.14. The number of hydrogen-bond donors (Lipinski definition) is 1. The summed E-state index contributed by atoms with van der Waals surface area (Å²) in [5, 5.41) is 10.0. The Morgan fingerprint density at radius 3 is 2.53 bits per heavy atom. The van der Waals surface area contributed by atoms with Gasteiger partial charge >= 0.3 is 0 Å². The summed E-state index contributed by atoms with van der Waals surface area (Å²) in [4.78, 5) is 13.5. The van der Waals surface area contributed by atoms with Crippen molar-refractivity contribution in [3.05, 3.63) is 0 Å². The third-order valence-electron chi connectivity index (χ3n) is 4.46. The second kappa shape index (κ2) is 4.94. The molecule has 1 heterocycles. The molecule has 1 saturated carbocycles. The van der Waals surface area contributed by atoms with Gasteiger partial charge in [0.1, 0.15) is 0 Å². The van der Waals surface area contributed by atoms with Crippen molar-refractivity contribution in [2.24, 2.45) is 5.41 Å². The molecule has 0 aromatic heterocycles. The number of nitrogens with zero attached hydrogens (tertiary/aromatic N) is 1. The van der Waals surface area contributed by atoms with Crippen molar-refractivity contribution in [1.29, 1.82) is 0 Å². The monoisotopic (exact) mass is 241 g/mol. The molecule has 2 rings (SSSR count). The molecule has 4 nitrogen and oxygen atoms in total. The molecule has 1 aliphatic heterocycles. The summed E-state index contributed by atoms with van der Waals surface area (Å²) in [6.07, 6.45) is 3.05. The van der Waals surface area contributed by atoms with E-state index in [1.165, 1.54) is 0 Å². The van der Waals surface area contributed by atoms with E-state index in [2.05, 4.69) is 0 Å². The van der Waals surface area contributed by atoms with Crippen molar-refractivity contribution >= 4 is 5.91 Å². The summed E-state index contributed by atoms with van der Waals surface area (Å²) >= 11 is 0. The quantitative estimate of drug-likeness (QED) is 0.807. The molecule has 1 amide bonds. The lowest BCUT2D eigenvalue weighted by atomic mass is 9.58. The van der Waals surface area contributed by atoms with Crippen LogP contribution in [0.15, 0.2) is 0 Å². The van der Waals surface area contributed by atoms with Gasteiger partial charge in [-0.15, -0.1) is 0 Å². The highest BCUT2D eigenvalue weighted by Gasteiger charge is 2.56. The van der Waals surface area contributed by atoms with Crippen molar-refractivity contribution in [2.45, 2.75) is 51.7 Å². The molecular weight excluding hydrogens is 218 g/mol. The van der Waals surface area contributed by atoms with Crippen LogP contribution in [0.1, 0.15) is 39.5 Å². The number of aliphatic hydroxyl groups is 1. The van der Waals surface area contributed by atoms with Crippen LogP contribution >= 0.6 is 0 Å². The van der Waals surface area contributed by atoms with Crippen LogP contribution in [0.3, 0.4) is 0 Å². The molecular formula is C13H23NO3. The molecule has 2 unspecified atom stereocenters. The summed E-state index contributed by atoms with van der Waals surface area (Å²) in [5.41, 5.74) is -0.0689. The first-order valence-electron chi connectivity index (χ1n) is 6.71. The minimum Gasteiger partial charge on any atom is -0.392 e. The predicted octanol–water partition coefficient (Wildman–Crippen LogP) is 1.17. The molecule has 1 N–H and O–H groups in total. The average molecular weight is 241 g/mol. The molecule has 1 saturated heterocycles. The Hall–Kier alpha value is -0.610. The Kier molecular flexibility index (Phi) is 3.73. The zero-order valence-electron chi connectivity index (χ0n) is 10.8. The maximum Gasteiger partial charge on any atom is 0.222 e. The van der Waals surface area contributed by atoms with E-state index in [0.29, 0.717) is 13.0 Å². The summed E-state index contributed by atoms with van der Waals surface area (Å²) in [6, 6.07) is 0. The number of aliphatic hydroxyl groups excluding tert-OH is 1. The van der Waals surface area contributed by atoms with Crippen LogP contribution in [-0.4, -0.2) is 47.8 Å². The molecule has 0 aromatic carbocycles. The molecule has 2 atom stereocenters. The fraction of sp³-hybridized carbons (Fsp3) is 0.923. The van der Waals surface area contributed by atoms with Crippen LogP contribution < -0.4 is 0 Å². The lowest BCUT2D eigenvalue weighted by Crippen LogP contribution is -2.62. The van der Waals surface area contributed by atoms with E-state index in [9.17, 15) is 9.90 Å². The maximum absolute atomic E-state index is 11.6. The highest BCUT2D eigenvalue weighted by molar-refractivity contribution is 5.75. The molecule has 1 aliphatic carbocycles. The highest BCUT2D eigenvalue weighted by Crippen LogP contribution is 2.50. The van der Waals surface area contributed by atoms with E-state index >= 15 is 0 Å². The Labute approximate surface area is 103 Å². The molecule has 2 fully saturated rings. The predicted molar refractivity (Wildman–Crippen MR) is 64.6 cm³/mol. The van der Waals surface area contributed by atoms with Crippen LogP contribution in [0.5, 0.6) is 0 Å². The Morgan fingerprint density at radius 2 is 2.06 bits per heavy atom. The summed E-state index contributed by atoms with van der Waals surface area (Å²) in [5.74, 6) is 0.224. The van der Waals surface area contributed by atoms with Crippen LogP contribution in [0, 0.1) is 5.41 Å². The van der Waals surface area contributed by atoms with Gasteiger partial charge < -0.3 is 14.7 Å². The van der Waals surface area contributed by atoms with E-state index in [0.717, 1.165) is 32.4 Å². The number of likely N-dealkylation sites (tertiary alicyclic amines) is 1. The minimum atomic E-state index is -0.238. The second-order valence-corrected chi connectivity index (χ2v) is 5.16. The normalized spacial score (nSPS) is 31.4. The zero-order valence-corrected chi connectivity index (χ0v) is 10.8. The lowest BCUT2D eigenvalue weighted by Gasteiger charge is -2.56. The summed E-state index contributed by atoms with van der Waals surface area (Å²) in [7, 11) is 0. The van der Waals surface area contributed by atoms with Crippen LogP contribution in [0.2, 0.25) is 0 Å². The number of carbonyl (C=O) groups is 1. The Bertz CT molecular complexity index is 282. The van der Waals surface area contributed by atoms with Crippen molar-refractivity contribution in [1.82, 2.24) is 4.90 Å². The molecule has 1 spiro atoms. The van der Waals surface area contributed by atoms with Crippen molar-refractivity contribution in [3.8, 4) is 0 Å². The number of piperidine rings is 1. The minimum absolute atomic E-state index is 0.0689. The van der Waals surface area contributed by atoms with Gasteiger partial charge in [-0.25, -0.2) is 0 Å². The lowest BCUT2D eigenvalue weighted by molar-refractivity contribution is -0.210. The van der Waals surface area contributed by atoms with E-state index < -0.39 is 0 Å². The van der Waals surface area contributed by atoms with Crippen LogP contribution in [-0.2, 0) is 9.53 Å². The number of rotatable bonds is 3. The van der Waals surface area contributed by atoms with Gasteiger partial charge in [0, 0.05) is 38.0 Å². The van der Waals surface area contributed by atoms with Gasteiger partial charge in [-0.1, -0.05) is 6.92 Å². The van der Waals surface area contributed by atoms with E-state index in [1.54, 1.807) is 0 Å². The zero-order chi connectivity index (χ0) is 12.5. The number of ether oxygens (including phenoxy) is 1. The molecule has 0 radical (unpaired) electrons. The summed E-state index contributed by atoms with van der Waals surface area (Å²) < 4.78 is 5.70. The Morgan fingerprint density at radius 1 is 1.41 bits per heavy atom. The molecule has 2 aliphatic rings. The molecule has 4 heteroatoms. The van der Waals surface area contributed by atoms with E-state index in [4.69, 9.17) is 4.74 Å². The smallest absolute Gasteiger partial charge is 0.222 e. The van der Waals surface area contributed by atoms with Crippen molar-refractivity contribution in [2.75, 3.05) is 19.7 Å². The largest absolute Gasteiger partial charge is 0.392 e. The van der Waals surface area contributed by atoms with E-state index in [-0.39, 0.29) is 23.5 Å². The van der Waals surface area contributed by atoms with Gasteiger partial charge in [0.15, 0.2) is 0 Å². The average Bonchev–Trinajstić information content (AvgIpc) is 2.38. The topological polar surface area (TPSA) is 49.8 Å². The van der Waals surface area contributed by atoms with Gasteiger partial charge in [0.05, 0.1) is 12.2 Å². The number of amides is 1. The summed E-state index contributed by atoms with van der Waals surface area (Å²) in [6.45, 7) is 6.14. The fourth-order valence-corrected chi connectivity index (χ4v) is 3.21. The SMILES string of the molecule is CCOC1CC(O)C12CCN(C(=O)CC)CC2. The third kappa shape index (κ3) is 2.08. The van der Waals surface area contributed by atoms with Gasteiger partial charge in [0.2, 0.25) is 5.91 Å². The standard InChI is InChI=1S/C13H23NO3/c1-3-12(16)14-7-5-13(6-8-14)10(15)9-11(13)17-4-2/h10-11,15H,3-9H2,1-2H3. The first kappa shape index (κ1) is 12.8. The van der Waals surface area contributed by atoms with Crippen LogP contribution in [0.25, 0.3) is 0 Å². The Balaban J connectivity index is 1.94. The first-order valence-corrected chi connectivity index (χ1v) is 6.71. The van der Waals surface area contributed by atoms with Crippen molar-refractivity contribution in [3.63, 3.8) is 0 Å². The fourth-order valence-electron chi connectivity index (χ4n) is 3.21. The highest BCUT2D eigenvalue weighted by atomic mass is 16.5. The molecule has 0 aromatic rings. The molecule has 17 heavy (non-hydrogen) atoms. The van der Waals surface area contributed by atoms with Gasteiger partial charge in [-0.2, -0.15) is 0 Å². The maximum atomic E-state index is 11.6. The van der Waals surface area contributed by atoms with Gasteiger partial charge in [0.25, 0.3) is 0 Å². The molecule has 0 bridgehead atoms. The molecule has 98 valence electrons. The van der Waals surface area contributed by atoms with E-state index in [1.807, 2.05) is 18.7 Å². The van der Waals surface area contributed by atoms with Crippen molar-refractivity contribution < 1.29 is 14.6 Å².